The fraction of sp³-hybridized carbons (Fsp3) is 0.917. The van der Waals surface area contributed by atoms with Gasteiger partial charge in [-0.1, -0.05) is 6.92 Å². The number of carbonyl (C=O) groups excluding carboxylic acids is 1. The molecule has 1 N–H and O–H groups in total. The summed E-state index contributed by atoms with van der Waals surface area (Å²) in [5.74, 6) is 0.952. The van der Waals surface area contributed by atoms with Gasteiger partial charge in [-0.05, 0) is 44.4 Å². The van der Waals surface area contributed by atoms with Gasteiger partial charge in [0.1, 0.15) is 6.10 Å². The minimum Gasteiger partial charge on any atom is -0.368 e. The third-order valence-corrected chi connectivity index (χ3v) is 3.58. The Balaban J connectivity index is 1.74. The summed E-state index contributed by atoms with van der Waals surface area (Å²) in [5.41, 5.74) is 0. The number of hydrogen-bond donors (Lipinski definition) is 1. The van der Waals surface area contributed by atoms with E-state index in [1.165, 1.54) is 12.8 Å². The summed E-state index contributed by atoms with van der Waals surface area (Å²) in [6.45, 7) is 3.04. The van der Waals surface area contributed by atoms with Crippen LogP contribution in [-0.2, 0) is 9.53 Å². The largest absolute Gasteiger partial charge is 0.368 e. The number of rotatable bonds is 2. The van der Waals surface area contributed by atoms with E-state index < -0.39 is 0 Å². The van der Waals surface area contributed by atoms with Crippen LogP contribution in [0.1, 0.15) is 45.4 Å². The van der Waals surface area contributed by atoms with Gasteiger partial charge < -0.3 is 10.1 Å². The number of amides is 1. The Morgan fingerprint density at radius 2 is 1.93 bits per heavy atom. The molecule has 1 heterocycles. The molecule has 2 aliphatic rings. The van der Waals surface area contributed by atoms with Crippen LogP contribution in [0, 0.1) is 5.92 Å². The second-order valence-electron chi connectivity index (χ2n) is 4.97. The van der Waals surface area contributed by atoms with E-state index in [0.29, 0.717) is 6.04 Å². The Kier molecular flexibility index (Phi) is 3.62. The van der Waals surface area contributed by atoms with Gasteiger partial charge in [-0.25, -0.2) is 0 Å². The third-order valence-electron chi connectivity index (χ3n) is 3.58. The van der Waals surface area contributed by atoms with E-state index in [1.54, 1.807) is 0 Å². The van der Waals surface area contributed by atoms with E-state index in [0.717, 1.165) is 38.2 Å². The quantitative estimate of drug-likeness (QED) is 0.757. The number of nitrogens with one attached hydrogen (secondary N) is 1. The molecule has 2 rings (SSSR count). The molecular weight excluding hydrogens is 190 g/mol. The van der Waals surface area contributed by atoms with Gasteiger partial charge in [0, 0.05) is 12.6 Å². The summed E-state index contributed by atoms with van der Waals surface area (Å²) in [6, 6.07) is 0.401. The SMILES string of the molecule is CC1CCC(NC(=O)[C@H]2CCCO2)CC1. The minimum atomic E-state index is -0.163. The van der Waals surface area contributed by atoms with Crippen molar-refractivity contribution < 1.29 is 9.53 Å². The van der Waals surface area contributed by atoms with Gasteiger partial charge in [0.05, 0.1) is 0 Å². The molecule has 1 aliphatic heterocycles. The van der Waals surface area contributed by atoms with Crippen molar-refractivity contribution in [3.8, 4) is 0 Å². The molecule has 1 atom stereocenters. The highest BCUT2D eigenvalue weighted by Crippen LogP contribution is 2.23. The summed E-state index contributed by atoms with van der Waals surface area (Å²) in [7, 11) is 0. The summed E-state index contributed by atoms with van der Waals surface area (Å²) in [5, 5.41) is 3.12. The first-order valence-electron chi connectivity index (χ1n) is 6.17. The molecule has 0 aromatic heterocycles. The fourth-order valence-electron chi connectivity index (χ4n) is 2.48. The first-order valence-corrected chi connectivity index (χ1v) is 6.17. The average molecular weight is 211 g/mol. The molecule has 1 amide bonds. The normalized spacial score (nSPS) is 36.5. The Labute approximate surface area is 91.6 Å². The van der Waals surface area contributed by atoms with Crippen molar-refractivity contribution in [1.29, 1.82) is 0 Å². The molecule has 2 fully saturated rings. The highest BCUT2D eigenvalue weighted by Gasteiger charge is 2.26. The van der Waals surface area contributed by atoms with Crippen LogP contribution >= 0.6 is 0 Å². The van der Waals surface area contributed by atoms with Crippen LogP contribution in [0.4, 0.5) is 0 Å². The lowest BCUT2D eigenvalue weighted by Gasteiger charge is -2.27. The van der Waals surface area contributed by atoms with Crippen LogP contribution in [0.25, 0.3) is 0 Å². The van der Waals surface area contributed by atoms with E-state index in [9.17, 15) is 4.79 Å². The molecule has 1 aliphatic carbocycles. The molecule has 0 radical (unpaired) electrons. The zero-order valence-corrected chi connectivity index (χ0v) is 9.50. The number of hydrogen-bond acceptors (Lipinski definition) is 2. The van der Waals surface area contributed by atoms with Gasteiger partial charge in [0.2, 0.25) is 5.91 Å². The van der Waals surface area contributed by atoms with Crippen molar-refractivity contribution in [2.45, 2.75) is 57.6 Å². The monoisotopic (exact) mass is 211 g/mol. The molecule has 0 bridgehead atoms. The third kappa shape index (κ3) is 2.94. The molecule has 0 aromatic carbocycles. The van der Waals surface area contributed by atoms with Gasteiger partial charge in [-0.3, -0.25) is 4.79 Å². The lowest BCUT2D eigenvalue weighted by atomic mass is 9.87. The van der Waals surface area contributed by atoms with E-state index >= 15 is 0 Å². The van der Waals surface area contributed by atoms with Crippen molar-refractivity contribution in [3.05, 3.63) is 0 Å². The van der Waals surface area contributed by atoms with Crippen LogP contribution in [0.15, 0.2) is 0 Å². The summed E-state index contributed by atoms with van der Waals surface area (Å²) in [6.07, 6.45) is 6.53. The second-order valence-corrected chi connectivity index (χ2v) is 4.97. The van der Waals surface area contributed by atoms with E-state index in [-0.39, 0.29) is 12.0 Å². The molecular formula is C12H21NO2. The predicted octanol–water partition coefficient (Wildman–Crippen LogP) is 1.86. The Morgan fingerprint density at radius 1 is 1.20 bits per heavy atom. The lowest BCUT2D eigenvalue weighted by molar-refractivity contribution is -0.131. The van der Waals surface area contributed by atoms with Crippen molar-refractivity contribution >= 4 is 5.91 Å². The zero-order valence-electron chi connectivity index (χ0n) is 9.50. The van der Waals surface area contributed by atoms with Crippen LogP contribution in [-0.4, -0.2) is 24.7 Å². The zero-order chi connectivity index (χ0) is 10.7. The van der Waals surface area contributed by atoms with Crippen LogP contribution in [0.5, 0.6) is 0 Å². The van der Waals surface area contributed by atoms with Crippen molar-refractivity contribution in [1.82, 2.24) is 5.32 Å². The average Bonchev–Trinajstić information content (AvgIpc) is 2.74. The molecule has 0 aromatic rings. The topological polar surface area (TPSA) is 38.3 Å². The van der Waals surface area contributed by atoms with Gasteiger partial charge in [0.15, 0.2) is 0 Å². The maximum atomic E-state index is 11.8. The van der Waals surface area contributed by atoms with Crippen molar-refractivity contribution in [2.24, 2.45) is 5.92 Å². The molecule has 86 valence electrons. The van der Waals surface area contributed by atoms with Crippen LogP contribution < -0.4 is 5.32 Å². The van der Waals surface area contributed by atoms with Crippen LogP contribution in [0.3, 0.4) is 0 Å². The van der Waals surface area contributed by atoms with Gasteiger partial charge >= 0.3 is 0 Å². The van der Waals surface area contributed by atoms with Gasteiger partial charge in [-0.15, -0.1) is 0 Å². The smallest absolute Gasteiger partial charge is 0.249 e. The van der Waals surface area contributed by atoms with Crippen molar-refractivity contribution in [2.75, 3.05) is 6.61 Å². The molecule has 3 nitrogen and oxygen atoms in total. The van der Waals surface area contributed by atoms with Gasteiger partial charge in [0.25, 0.3) is 0 Å². The second kappa shape index (κ2) is 4.97. The number of carbonyl (C=O) groups is 1. The minimum absolute atomic E-state index is 0.118. The highest BCUT2D eigenvalue weighted by atomic mass is 16.5. The van der Waals surface area contributed by atoms with E-state index in [1.807, 2.05) is 0 Å². The molecule has 1 saturated carbocycles. The van der Waals surface area contributed by atoms with Crippen LogP contribution in [0.2, 0.25) is 0 Å². The predicted molar refractivity (Wildman–Crippen MR) is 58.5 cm³/mol. The molecule has 1 saturated heterocycles. The maximum Gasteiger partial charge on any atom is 0.249 e. The molecule has 3 heteroatoms. The molecule has 0 unspecified atom stereocenters. The fourth-order valence-corrected chi connectivity index (χ4v) is 2.48. The van der Waals surface area contributed by atoms with Crippen molar-refractivity contribution in [3.63, 3.8) is 0 Å². The van der Waals surface area contributed by atoms with Gasteiger partial charge in [-0.2, -0.15) is 0 Å². The Hall–Kier alpha value is -0.570. The summed E-state index contributed by atoms with van der Waals surface area (Å²) >= 11 is 0. The maximum absolute atomic E-state index is 11.8. The Morgan fingerprint density at radius 3 is 2.53 bits per heavy atom. The summed E-state index contributed by atoms with van der Waals surface area (Å²) < 4.78 is 5.37. The van der Waals surface area contributed by atoms with E-state index in [4.69, 9.17) is 4.74 Å². The van der Waals surface area contributed by atoms with E-state index in [2.05, 4.69) is 12.2 Å². The standard InChI is InChI=1S/C12H21NO2/c1-9-4-6-10(7-5-9)13-12(14)11-3-2-8-15-11/h9-11H,2-8H2,1H3,(H,13,14)/t9?,10?,11-/m1/s1. The lowest BCUT2D eigenvalue weighted by Crippen LogP contribution is -2.42. The molecule has 15 heavy (non-hydrogen) atoms. The first kappa shape index (κ1) is 10.9. The number of ether oxygens (including phenoxy) is 1. The first-order chi connectivity index (χ1) is 7.25. The Bertz CT molecular complexity index is 216. The molecule has 0 spiro atoms. The highest BCUT2D eigenvalue weighted by molar-refractivity contribution is 5.81. The summed E-state index contributed by atoms with van der Waals surface area (Å²) in [4.78, 5) is 11.8.